The number of hydrogen-bond acceptors (Lipinski definition) is 5. The number of benzene rings is 1. The molecule has 1 aliphatic rings. The first-order chi connectivity index (χ1) is 12.7. The average Bonchev–Trinajstić information content (AvgIpc) is 2.84. The highest BCUT2D eigenvalue weighted by Crippen LogP contribution is 2.20. The first-order valence-corrected chi connectivity index (χ1v) is 8.82. The van der Waals surface area contributed by atoms with Crippen molar-refractivity contribution in [2.45, 2.75) is 39.7 Å². The van der Waals surface area contributed by atoms with Crippen LogP contribution in [0.5, 0.6) is 0 Å². The molecule has 1 aromatic carbocycles. The number of nitrogens with one attached hydrogen (secondary N) is 1. The number of carbonyl (C=O) groups excluding carboxylic acids is 4. The molecule has 8 nitrogen and oxygen atoms in total. The zero-order chi connectivity index (χ0) is 20.1. The molecule has 0 bridgehead atoms. The van der Waals surface area contributed by atoms with Crippen LogP contribution in [0.3, 0.4) is 0 Å². The van der Waals surface area contributed by atoms with Gasteiger partial charge in [-0.3, -0.25) is 19.3 Å². The fourth-order valence-corrected chi connectivity index (χ4v) is 2.82. The number of urea groups is 1. The van der Waals surface area contributed by atoms with Crippen molar-refractivity contribution < 1.29 is 23.9 Å². The SMILES string of the molecule is Cc1cccc(C)c1NC(=O)[C@@H](C)OC(=O)CCCN1C(=O)CN(C)C1=O. The summed E-state index contributed by atoms with van der Waals surface area (Å²) >= 11 is 0. The Morgan fingerprint density at radius 2 is 1.85 bits per heavy atom. The van der Waals surface area contributed by atoms with Crippen LogP contribution < -0.4 is 5.32 Å². The molecule has 0 aromatic heterocycles. The lowest BCUT2D eigenvalue weighted by molar-refractivity contribution is -0.153. The number of amides is 4. The Morgan fingerprint density at radius 3 is 2.41 bits per heavy atom. The number of imide groups is 1. The third-order valence-electron chi connectivity index (χ3n) is 4.40. The fraction of sp³-hybridized carbons (Fsp3) is 0.474. The quantitative estimate of drug-likeness (QED) is 0.580. The van der Waals surface area contributed by atoms with E-state index in [1.165, 1.54) is 11.8 Å². The number of likely N-dealkylation sites (N-methyl/N-ethyl adjacent to an activating group) is 1. The van der Waals surface area contributed by atoms with Crippen molar-refractivity contribution in [2.75, 3.05) is 25.5 Å². The van der Waals surface area contributed by atoms with Gasteiger partial charge in [0.1, 0.15) is 6.54 Å². The molecule has 27 heavy (non-hydrogen) atoms. The first kappa shape index (κ1) is 20.4. The molecular formula is C19H25N3O5. The number of carbonyl (C=O) groups is 4. The van der Waals surface area contributed by atoms with E-state index in [2.05, 4.69) is 5.32 Å². The standard InChI is InChI=1S/C19H25N3O5/c1-12-7-5-8-13(2)17(12)20-18(25)14(3)27-16(24)9-6-10-22-15(23)11-21(4)19(22)26/h5,7-8,14H,6,9-11H2,1-4H3,(H,20,25)/t14-/m1/s1. The van der Waals surface area contributed by atoms with Crippen LogP contribution >= 0.6 is 0 Å². The van der Waals surface area contributed by atoms with E-state index in [0.29, 0.717) is 5.69 Å². The molecule has 1 atom stereocenters. The molecule has 0 saturated carbocycles. The van der Waals surface area contributed by atoms with Crippen molar-refractivity contribution in [2.24, 2.45) is 0 Å². The van der Waals surface area contributed by atoms with Crippen LogP contribution in [0.15, 0.2) is 18.2 Å². The van der Waals surface area contributed by atoms with Crippen LogP contribution in [0, 0.1) is 13.8 Å². The van der Waals surface area contributed by atoms with E-state index in [4.69, 9.17) is 4.74 Å². The molecule has 2 rings (SSSR count). The molecule has 1 aromatic rings. The van der Waals surface area contributed by atoms with E-state index >= 15 is 0 Å². The van der Waals surface area contributed by atoms with E-state index in [-0.39, 0.29) is 37.9 Å². The number of para-hydroxylation sites is 1. The Hall–Kier alpha value is -2.90. The highest BCUT2D eigenvalue weighted by atomic mass is 16.5. The largest absolute Gasteiger partial charge is 0.453 e. The third kappa shape index (κ3) is 5.06. The molecule has 0 aliphatic carbocycles. The Balaban J connectivity index is 1.79. The summed E-state index contributed by atoms with van der Waals surface area (Å²) in [6.07, 6.45) is -0.644. The van der Waals surface area contributed by atoms with E-state index in [9.17, 15) is 19.2 Å². The maximum Gasteiger partial charge on any atom is 0.326 e. The van der Waals surface area contributed by atoms with Crippen molar-refractivity contribution in [1.82, 2.24) is 9.80 Å². The van der Waals surface area contributed by atoms with Crippen LogP contribution in [0.25, 0.3) is 0 Å². The van der Waals surface area contributed by atoms with Gasteiger partial charge in [-0.15, -0.1) is 0 Å². The van der Waals surface area contributed by atoms with Crippen LogP contribution in [-0.2, 0) is 19.1 Å². The van der Waals surface area contributed by atoms with Crippen LogP contribution in [0.1, 0.15) is 30.9 Å². The van der Waals surface area contributed by atoms with Crippen molar-refractivity contribution in [3.8, 4) is 0 Å². The molecule has 1 saturated heterocycles. The van der Waals surface area contributed by atoms with Crippen molar-refractivity contribution >= 4 is 29.5 Å². The van der Waals surface area contributed by atoms with Crippen LogP contribution in [0.2, 0.25) is 0 Å². The van der Waals surface area contributed by atoms with E-state index in [1.807, 2.05) is 32.0 Å². The lowest BCUT2D eigenvalue weighted by atomic mass is 10.1. The summed E-state index contributed by atoms with van der Waals surface area (Å²) in [5, 5.41) is 2.78. The number of ether oxygens (including phenoxy) is 1. The number of aryl methyl sites for hydroxylation is 2. The van der Waals surface area contributed by atoms with Crippen molar-refractivity contribution in [1.29, 1.82) is 0 Å². The smallest absolute Gasteiger partial charge is 0.326 e. The number of hydrogen-bond donors (Lipinski definition) is 1. The summed E-state index contributed by atoms with van der Waals surface area (Å²) in [6.45, 7) is 5.48. The van der Waals surface area contributed by atoms with E-state index < -0.39 is 18.0 Å². The summed E-state index contributed by atoms with van der Waals surface area (Å²) in [6, 6.07) is 5.31. The monoisotopic (exact) mass is 375 g/mol. The van der Waals surface area contributed by atoms with E-state index in [1.54, 1.807) is 7.05 Å². The molecule has 0 radical (unpaired) electrons. The normalized spacial score (nSPS) is 15.1. The lowest BCUT2D eigenvalue weighted by Crippen LogP contribution is -2.33. The van der Waals surface area contributed by atoms with Crippen LogP contribution in [0.4, 0.5) is 10.5 Å². The second-order valence-electron chi connectivity index (χ2n) is 6.68. The second-order valence-corrected chi connectivity index (χ2v) is 6.68. The molecule has 0 spiro atoms. The lowest BCUT2D eigenvalue weighted by Gasteiger charge is -2.17. The fourth-order valence-electron chi connectivity index (χ4n) is 2.82. The van der Waals surface area contributed by atoms with Gasteiger partial charge in [-0.1, -0.05) is 18.2 Å². The number of anilines is 1. The maximum absolute atomic E-state index is 12.3. The Morgan fingerprint density at radius 1 is 1.22 bits per heavy atom. The van der Waals surface area contributed by atoms with Crippen molar-refractivity contribution in [3.05, 3.63) is 29.3 Å². The molecule has 0 unspecified atom stereocenters. The van der Waals surface area contributed by atoms with Gasteiger partial charge in [0, 0.05) is 25.7 Å². The molecular weight excluding hydrogens is 350 g/mol. The molecule has 146 valence electrons. The maximum atomic E-state index is 12.3. The minimum Gasteiger partial charge on any atom is -0.453 e. The average molecular weight is 375 g/mol. The summed E-state index contributed by atoms with van der Waals surface area (Å²) in [7, 11) is 1.55. The van der Waals surface area contributed by atoms with E-state index in [0.717, 1.165) is 16.0 Å². The highest BCUT2D eigenvalue weighted by molar-refractivity contribution is 6.01. The van der Waals surface area contributed by atoms with Gasteiger partial charge in [0.2, 0.25) is 5.91 Å². The minimum absolute atomic E-state index is 0.0157. The summed E-state index contributed by atoms with van der Waals surface area (Å²) in [5.41, 5.74) is 2.55. The predicted molar refractivity (Wildman–Crippen MR) is 99.1 cm³/mol. The molecule has 4 amide bonds. The highest BCUT2D eigenvalue weighted by Gasteiger charge is 2.33. The Labute approximate surface area is 158 Å². The predicted octanol–water partition coefficient (Wildman–Crippen LogP) is 1.85. The topological polar surface area (TPSA) is 96.0 Å². The summed E-state index contributed by atoms with van der Waals surface area (Å²) < 4.78 is 5.15. The Kier molecular flexibility index (Phi) is 6.55. The third-order valence-corrected chi connectivity index (χ3v) is 4.40. The van der Waals surface area contributed by atoms with Crippen LogP contribution in [-0.4, -0.2) is 59.9 Å². The molecule has 1 heterocycles. The molecule has 1 N–H and O–H groups in total. The van der Waals surface area contributed by atoms with Gasteiger partial charge in [-0.05, 0) is 38.3 Å². The Bertz CT molecular complexity index is 741. The summed E-state index contributed by atoms with van der Waals surface area (Å²) in [5.74, 6) is -1.24. The van der Waals surface area contributed by atoms with Crippen molar-refractivity contribution in [3.63, 3.8) is 0 Å². The van der Waals surface area contributed by atoms with Gasteiger partial charge in [-0.2, -0.15) is 0 Å². The second kappa shape index (κ2) is 8.66. The van der Waals surface area contributed by atoms with Gasteiger partial charge < -0.3 is 15.0 Å². The van der Waals surface area contributed by atoms with Gasteiger partial charge in [0.25, 0.3) is 5.91 Å². The zero-order valence-electron chi connectivity index (χ0n) is 16.1. The zero-order valence-corrected chi connectivity index (χ0v) is 16.1. The molecule has 1 fully saturated rings. The van der Waals surface area contributed by atoms with Gasteiger partial charge in [0.05, 0.1) is 0 Å². The van der Waals surface area contributed by atoms with Gasteiger partial charge in [0.15, 0.2) is 6.10 Å². The number of esters is 1. The summed E-state index contributed by atoms with van der Waals surface area (Å²) in [4.78, 5) is 50.1. The number of rotatable bonds is 7. The molecule has 1 aliphatic heterocycles. The van der Waals surface area contributed by atoms with Gasteiger partial charge in [-0.25, -0.2) is 4.79 Å². The molecule has 8 heteroatoms. The number of nitrogens with zero attached hydrogens (tertiary/aromatic N) is 2. The van der Waals surface area contributed by atoms with Gasteiger partial charge >= 0.3 is 12.0 Å². The first-order valence-electron chi connectivity index (χ1n) is 8.82. The minimum atomic E-state index is -0.947.